The van der Waals surface area contributed by atoms with Gasteiger partial charge in [0.25, 0.3) is 0 Å². The summed E-state index contributed by atoms with van der Waals surface area (Å²) in [5.74, 6) is -0.309. The molecule has 5 heteroatoms. The zero-order chi connectivity index (χ0) is 15.5. The summed E-state index contributed by atoms with van der Waals surface area (Å²) in [5, 5.41) is 2.81. The lowest BCUT2D eigenvalue weighted by atomic mass is 10.1. The molecule has 0 aliphatic heterocycles. The van der Waals surface area contributed by atoms with Crippen molar-refractivity contribution in [3.05, 3.63) is 28.2 Å². The topological polar surface area (TPSA) is 49.4 Å². The maximum atomic E-state index is 12.1. The van der Waals surface area contributed by atoms with Gasteiger partial charge in [0.2, 0.25) is 11.8 Å². The maximum absolute atomic E-state index is 12.1. The van der Waals surface area contributed by atoms with Gasteiger partial charge in [-0.05, 0) is 51.5 Å². The Morgan fingerprint density at radius 1 is 1.30 bits per heavy atom. The Balaban J connectivity index is 2.76. The average molecular weight is 341 g/mol. The van der Waals surface area contributed by atoms with Gasteiger partial charge in [0.1, 0.15) is 6.54 Å². The highest BCUT2D eigenvalue weighted by molar-refractivity contribution is 9.10. The summed E-state index contributed by atoms with van der Waals surface area (Å²) in [6.07, 6.45) is 0. The van der Waals surface area contributed by atoms with Crippen LogP contribution in [0.15, 0.2) is 22.7 Å². The molecule has 20 heavy (non-hydrogen) atoms. The van der Waals surface area contributed by atoms with E-state index in [-0.39, 0.29) is 23.9 Å². The van der Waals surface area contributed by atoms with Crippen LogP contribution in [0.1, 0.15) is 33.3 Å². The zero-order valence-corrected chi connectivity index (χ0v) is 14.2. The normalized spacial score (nSPS) is 11.1. The molecule has 0 saturated carbocycles. The third-order valence-electron chi connectivity index (χ3n) is 2.93. The van der Waals surface area contributed by atoms with E-state index in [9.17, 15) is 9.59 Å². The number of halogens is 1. The molecule has 1 rings (SSSR count). The van der Waals surface area contributed by atoms with Crippen LogP contribution in [0.4, 0.5) is 5.69 Å². The first-order chi connectivity index (χ1) is 9.11. The number of amides is 2. The Morgan fingerprint density at radius 3 is 2.35 bits per heavy atom. The fraction of sp³-hybridized carbons (Fsp3) is 0.467. The van der Waals surface area contributed by atoms with Crippen LogP contribution in [0.3, 0.4) is 0 Å². The lowest BCUT2D eigenvalue weighted by Crippen LogP contribution is -2.48. The van der Waals surface area contributed by atoms with Gasteiger partial charge in [-0.15, -0.1) is 0 Å². The molecule has 1 N–H and O–H groups in total. The molecule has 0 saturated heterocycles. The van der Waals surface area contributed by atoms with Gasteiger partial charge in [0.05, 0.1) is 0 Å². The van der Waals surface area contributed by atoms with E-state index >= 15 is 0 Å². The van der Waals surface area contributed by atoms with Gasteiger partial charge in [0, 0.05) is 22.6 Å². The average Bonchev–Trinajstić information content (AvgIpc) is 2.29. The third-order valence-corrected chi connectivity index (χ3v) is 3.82. The van der Waals surface area contributed by atoms with Crippen LogP contribution >= 0.6 is 15.9 Å². The summed E-state index contributed by atoms with van der Waals surface area (Å²) < 4.78 is 0.996. The minimum absolute atomic E-state index is 0.0495. The number of hydrogen-bond acceptors (Lipinski definition) is 2. The smallest absolute Gasteiger partial charge is 0.244 e. The molecule has 0 aromatic heterocycles. The second-order valence-electron chi connectivity index (χ2n) is 5.79. The molecule has 0 aliphatic rings. The van der Waals surface area contributed by atoms with Crippen LogP contribution < -0.4 is 5.32 Å². The standard InChI is InChI=1S/C15H21BrN2O2/c1-10-8-12(6-7-13(10)16)17-14(20)9-18(11(2)19)15(3,4)5/h6-8H,9H2,1-5H3,(H,17,20). The highest BCUT2D eigenvalue weighted by Gasteiger charge is 2.25. The number of nitrogens with one attached hydrogen (secondary N) is 1. The molecule has 110 valence electrons. The van der Waals surface area contributed by atoms with Crippen LogP contribution in [-0.2, 0) is 9.59 Å². The van der Waals surface area contributed by atoms with Gasteiger partial charge in [-0.3, -0.25) is 9.59 Å². The molecule has 0 fully saturated rings. The van der Waals surface area contributed by atoms with Gasteiger partial charge >= 0.3 is 0 Å². The van der Waals surface area contributed by atoms with Crippen molar-refractivity contribution in [1.82, 2.24) is 4.90 Å². The second-order valence-corrected chi connectivity index (χ2v) is 6.64. The molecule has 2 amide bonds. The summed E-state index contributed by atoms with van der Waals surface area (Å²) in [6.45, 7) is 9.20. The molecular weight excluding hydrogens is 320 g/mol. The van der Waals surface area contributed by atoms with Crippen molar-refractivity contribution in [2.75, 3.05) is 11.9 Å². The van der Waals surface area contributed by atoms with Gasteiger partial charge in [-0.2, -0.15) is 0 Å². The van der Waals surface area contributed by atoms with Crippen molar-refractivity contribution in [3.8, 4) is 0 Å². The molecule has 0 bridgehead atoms. The summed E-state index contributed by atoms with van der Waals surface area (Å²) in [4.78, 5) is 25.2. The van der Waals surface area contributed by atoms with Crippen molar-refractivity contribution < 1.29 is 9.59 Å². The van der Waals surface area contributed by atoms with Crippen LogP contribution in [0, 0.1) is 6.92 Å². The van der Waals surface area contributed by atoms with E-state index < -0.39 is 0 Å². The predicted octanol–water partition coefficient (Wildman–Crippen LogP) is 3.34. The minimum atomic E-state index is -0.376. The number of carbonyl (C=O) groups excluding carboxylic acids is 2. The number of anilines is 1. The van der Waals surface area contributed by atoms with Gasteiger partial charge in [-0.25, -0.2) is 0 Å². The fourth-order valence-corrected chi connectivity index (χ4v) is 2.13. The van der Waals surface area contributed by atoms with E-state index in [1.165, 1.54) is 6.92 Å². The Labute approximate surface area is 128 Å². The van der Waals surface area contributed by atoms with E-state index in [0.717, 1.165) is 15.7 Å². The van der Waals surface area contributed by atoms with Crippen molar-refractivity contribution in [2.45, 2.75) is 40.2 Å². The molecule has 0 radical (unpaired) electrons. The number of rotatable bonds is 3. The molecule has 0 spiro atoms. The van der Waals surface area contributed by atoms with Gasteiger partial charge in [-0.1, -0.05) is 15.9 Å². The van der Waals surface area contributed by atoms with E-state index in [1.54, 1.807) is 4.90 Å². The number of hydrogen-bond donors (Lipinski definition) is 1. The van der Waals surface area contributed by atoms with Crippen LogP contribution in [0.25, 0.3) is 0 Å². The second kappa shape index (κ2) is 6.39. The molecule has 0 aliphatic carbocycles. The quantitative estimate of drug-likeness (QED) is 0.917. The lowest BCUT2D eigenvalue weighted by Gasteiger charge is -2.34. The Hall–Kier alpha value is -1.36. The van der Waals surface area contributed by atoms with Crippen LogP contribution in [-0.4, -0.2) is 28.8 Å². The predicted molar refractivity (Wildman–Crippen MR) is 84.6 cm³/mol. The van der Waals surface area contributed by atoms with E-state index in [4.69, 9.17) is 0 Å². The SMILES string of the molecule is CC(=O)N(CC(=O)Nc1ccc(Br)c(C)c1)C(C)(C)C. The first kappa shape index (κ1) is 16.7. The number of carbonyl (C=O) groups is 2. The molecule has 0 atom stereocenters. The highest BCUT2D eigenvalue weighted by atomic mass is 79.9. The number of aryl methyl sites for hydroxylation is 1. The lowest BCUT2D eigenvalue weighted by molar-refractivity contribution is -0.137. The third kappa shape index (κ3) is 4.63. The molecule has 0 unspecified atom stereocenters. The first-order valence-electron chi connectivity index (χ1n) is 6.45. The minimum Gasteiger partial charge on any atom is -0.329 e. The van der Waals surface area contributed by atoms with Gasteiger partial charge in [0.15, 0.2) is 0 Å². The van der Waals surface area contributed by atoms with E-state index in [0.29, 0.717) is 0 Å². The number of nitrogens with zero attached hydrogens (tertiary/aromatic N) is 1. The van der Waals surface area contributed by atoms with Crippen molar-refractivity contribution >= 4 is 33.4 Å². The van der Waals surface area contributed by atoms with Crippen molar-refractivity contribution in [1.29, 1.82) is 0 Å². The van der Waals surface area contributed by atoms with Crippen molar-refractivity contribution in [2.24, 2.45) is 0 Å². The summed E-state index contributed by atoms with van der Waals surface area (Å²) in [6, 6.07) is 5.60. The highest BCUT2D eigenvalue weighted by Crippen LogP contribution is 2.20. The Bertz CT molecular complexity index is 521. The molecule has 4 nitrogen and oxygen atoms in total. The summed E-state index contributed by atoms with van der Waals surface area (Å²) >= 11 is 3.42. The molecular formula is C15H21BrN2O2. The summed E-state index contributed by atoms with van der Waals surface area (Å²) in [5.41, 5.74) is 1.40. The molecule has 1 aromatic rings. The van der Waals surface area contributed by atoms with E-state index in [1.807, 2.05) is 45.9 Å². The van der Waals surface area contributed by atoms with Crippen molar-refractivity contribution in [3.63, 3.8) is 0 Å². The monoisotopic (exact) mass is 340 g/mol. The maximum Gasteiger partial charge on any atom is 0.244 e. The largest absolute Gasteiger partial charge is 0.329 e. The van der Waals surface area contributed by atoms with E-state index in [2.05, 4.69) is 21.2 Å². The number of benzene rings is 1. The Kier molecular flexibility index (Phi) is 5.34. The first-order valence-corrected chi connectivity index (χ1v) is 7.25. The van der Waals surface area contributed by atoms with Gasteiger partial charge < -0.3 is 10.2 Å². The van der Waals surface area contributed by atoms with Crippen LogP contribution in [0.5, 0.6) is 0 Å². The zero-order valence-electron chi connectivity index (χ0n) is 12.6. The Morgan fingerprint density at radius 2 is 1.90 bits per heavy atom. The summed E-state index contributed by atoms with van der Waals surface area (Å²) in [7, 11) is 0. The van der Waals surface area contributed by atoms with Crippen LogP contribution in [0.2, 0.25) is 0 Å². The molecule has 0 heterocycles. The molecule has 1 aromatic carbocycles. The fourth-order valence-electron chi connectivity index (χ4n) is 1.89.